The van der Waals surface area contributed by atoms with Gasteiger partial charge in [0.1, 0.15) is 0 Å². The van der Waals surface area contributed by atoms with Gasteiger partial charge in [0.15, 0.2) is 0 Å². The standard InChI is InChI=1S/C11H15BO3/c13-12(14)11-3-1-9(2-4-11)10-5-7-15-8-6-10/h1-4,10,13-14H,5-8H2. The Labute approximate surface area is 89.8 Å². The van der Waals surface area contributed by atoms with Crippen molar-refractivity contribution in [3.8, 4) is 0 Å². The first-order valence-electron chi connectivity index (χ1n) is 5.31. The van der Waals surface area contributed by atoms with E-state index in [1.165, 1.54) is 5.56 Å². The molecule has 0 aromatic heterocycles. The lowest BCUT2D eigenvalue weighted by molar-refractivity contribution is 0.0853. The molecule has 2 rings (SSSR count). The van der Waals surface area contributed by atoms with Crippen LogP contribution in [0.2, 0.25) is 0 Å². The Kier molecular flexibility index (Phi) is 3.41. The summed E-state index contributed by atoms with van der Waals surface area (Å²) < 4.78 is 5.30. The maximum Gasteiger partial charge on any atom is 0.488 e. The van der Waals surface area contributed by atoms with Crippen molar-refractivity contribution in [2.24, 2.45) is 0 Å². The molecule has 0 atom stereocenters. The Morgan fingerprint density at radius 2 is 1.67 bits per heavy atom. The molecule has 3 nitrogen and oxygen atoms in total. The topological polar surface area (TPSA) is 49.7 Å². The molecule has 1 saturated heterocycles. The minimum absolute atomic E-state index is 0.547. The maximum atomic E-state index is 8.96. The second kappa shape index (κ2) is 4.79. The number of benzene rings is 1. The summed E-state index contributed by atoms with van der Waals surface area (Å²) in [5.74, 6) is 0.559. The molecule has 0 bridgehead atoms. The predicted octanol–water partition coefficient (Wildman–Crippen LogP) is 0.260. The molecule has 1 heterocycles. The van der Waals surface area contributed by atoms with E-state index in [9.17, 15) is 0 Å². The molecule has 0 aliphatic carbocycles. The minimum Gasteiger partial charge on any atom is -0.423 e. The van der Waals surface area contributed by atoms with Crippen molar-refractivity contribution in [2.75, 3.05) is 13.2 Å². The van der Waals surface area contributed by atoms with Crippen molar-refractivity contribution in [1.29, 1.82) is 0 Å². The van der Waals surface area contributed by atoms with Crippen LogP contribution in [0.25, 0.3) is 0 Å². The van der Waals surface area contributed by atoms with Crippen LogP contribution in [-0.4, -0.2) is 30.4 Å². The zero-order valence-corrected chi connectivity index (χ0v) is 8.60. The normalized spacial score (nSPS) is 17.7. The summed E-state index contributed by atoms with van der Waals surface area (Å²) in [6.45, 7) is 1.66. The SMILES string of the molecule is OB(O)c1ccc(C2CCOCC2)cc1. The number of hydrogen-bond acceptors (Lipinski definition) is 3. The largest absolute Gasteiger partial charge is 0.488 e. The van der Waals surface area contributed by atoms with Gasteiger partial charge < -0.3 is 14.8 Å². The van der Waals surface area contributed by atoms with Crippen LogP contribution in [-0.2, 0) is 4.74 Å². The molecular formula is C11H15BO3. The molecule has 1 aliphatic rings. The zero-order valence-electron chi connectivity index (χ0n) is 8.60. The molecule has 1 aromatic rings. The fourth-order valence-corrected chi connectivity index (χ4v) is 1.97. The lowest BCUT2D eigenvalue weighted by Crippen LogP contribution is -2.29. The molecule has 0 spiro atoms. The van der Waals surface area contributed by atoms with Gasteiger partial charge in [0.05, 0.1) is 0 Å². The summed E-state index contributed by atoms with van der Waals surface area (Å²) in [4.78, 5) is 0. The van der Waals surface area contributed by atoms with Gasteiger partial charge in [-0.2, -0.15) is 0 Å². The van der Waals surface area contributed by atoms with Crippen LogP contribution in [0.1, 0.15) is 24.3 Å². The van der Waals surface area contributed by atoms with Gasteiger partial charge >= 0.3 is 7.12 Å². The third-order valence-electron chi connectivity index (χ3n) is 2.93. The summed E-state index contributed by atoms with van der Waals surface area (Å²) in [6, 6.07) is 7.50. The van der Waals surface area contributed by atoms with Crippen molar-refractivity contribution in [3.63, 3.8) is 0 Å². The van der Waals surface area contributed by atoms with Gasteiger partial charge in [-0.05, 0) is 29.8 Å². The van der Waals surface area contributed by atoms with E-state index in [1.54, 1.807) is 12.1 Å². The Bertz CT molecular complexity index is 304. The second-order valence-electron chi connectivity index (χ2n) is 3.93. The molecule has 1 aliphatic heterocycles. The van der Waals surface area contributed by atoms with Crippen LogP contribution in [0, 0.1) is 0 Å². The van der Waals surface area contributed by atoms with Gasteiger partial charge in [-0.25, -0.2) is 0 Å². The van der Waals surface area contributed by atoms with Crippen molar-refractivity contribution < 1.29 is 14.8 Å². The summed E-state index contributed by atoms with van der Waals surface area (Å²) >= 11 is 0. The fraction of sp³-hybridized carbons (Fsp3) is 0.455. The minimum atomic E-state index is -1.37. The molecule has 0 saturated carbocycles. The molecule has 15 heavy (non-hydrogen) atoms. The van der Waals surface area contributed by atoms with Crippen LogP contribution < -0.4 is 5.46 Å². The monoisotopic (exact) mass is 206 g/mol. The Hall–Kier alpha value is -0.835. The van der Waals surface area contributed by atoms with E-state index in [-0.39, 0.29) is 0 Å². The predicted molar refractivity (Wildman–Crippen MR) is 59.1 cm³/mol. The van der Waals surface area contributed by atoms with Crippen LogP contribution >= 0.6 is 0 Å². The average Bonchev–Trinajstić information content (AvgIpc) is 2.30. The molecule has 0 amide bonds. The van der Waals surface area contributed by atoms with Crippen LogP contribution in [0.5, 0.6) is 0 Å². The second-order valence-corrected chi connectivity index (χ2v) is 3.93. The van der Waals surface area contributed by atoms with E-state index in [0.29, 0.717) is 11.4 Å². The lowest BCUT2D eigenvalue weighted by Gasteiger charge is -2.22. The van der Waals surface area contributed by atoms with E-state index in [2.05, 4.69) is 0 Å². The fourth-order valence-electron chi connectivity index (χ4n) is 1.97. The quantitative estimate of drug-likeness (QED) is 0.682. The highest BCUT2D eigenvalue weighted by Gasteiger charge is 2.17. The summed E-state index contributed by atoms with van der Waals surface area (Å²) in [6.07, 6.45) is 2.11. The third kappa shape index (κ3) is 2.59. The highest BCUT2D eigenvalue weighted by atomic mass is 16.5. The molecule has 2 N–H and O–H groups in total. The number of rotatable bonds is 2. The average molecular weight is 206 g/mol. The maximum absolute atomic E-state index is 8.96. The molecule has 0 unspecified atom stereocenters. The number of hydrogen-bond donors (Lipinski definition) is 2. The van der Waals surface area contributed by atoms with Gasteiger partial charge in [-0.3, -0.25) is 0 Å². The summed E-state index contributed by atoms with van der Waals surface area (Å²) in [5.41, 5.74) is 1.81. The van der Waals surface area contributed by atoms with Crippen LogP contribution in [0.4, 0.5) is 0 Å². The van der Waals surface area contributed by atoms with Gasteiger partial charge in [-0.1, -0.05) is 24.3 Å². The molecular weight excluding hydrogens is 191 g/mol. The Morgan fingerprint density at radius 3 is 2.20 bits per heavy atom. The molecule has 1 aromatic carbocycles. The highest BCUT2D eigenvalue weighted by Crippen LogP contribution is 2.25. The van der Waals surface area contributed by atoms with Crippen molar-refractivity contribution >= 4 is 12.6 Å². The van der Waals surface area contributed by atoms with E-state index in [0.717, 1.165) is 26.1 Å². The van der Waals surface area contributed by atoms with Gasteiger partial charge in [-0.15, -0.1) is 0 Å². The summed E-state index contributed by atoms with van der Waals surface area (Å²) in [7, 11) is -1.37. The van der Waals surface area contributed by atoms with E-state index in [1.807, 2.05) is 12.1 Å². The van der Waals surface area contributed by atoms with E-state index < -0.39 is 7.12 Å². The first kappa shape index (κ1) is 10.7. The zero-order chi connectivity index (χ0) is 10.7. The molecule has 0 radical (unpaired) electrons. The molecule has 4 heteroatoms. The molecule has 80 valence electrons. The number of ether oxygens (including phenoxy) is 1. The highest BCUT2D eigenvalue weighted by molar-refractivity contribution is 6.58. The van der Waals surface area contributed by atoms with Gasteiger partial charge in [0, 0.05) is 13.2 Å². The smallest absolute Gasteiger partial charge is 0.423 e. The molecule has 1 fully saturated rings. The third-order valence-corrected chi connectivity index (χ3v) is 2.93. The first-order valence-corrected chi connectivity index (χ1v) is 5.31. The van der Waals surface area contributed by atoms with Crippen molar-refractivity contribution in [2.45, 2.75) is 18.8 Å². The van der Waals surface area contributed by atoms with Crippen molar-refractivity contribution in [3.05, 3.63) is 29.8 Å². The van der Waals surface area contributed by atoms with E-state index in [4.69, 9.17) is 14.8 Å². The lowest BCUT2D eigenvalue weighted by atomic mass is 9.79. The van der Waals surface area contributed by atoms with Crippen LogP contribution in [0.15, 0.2) is 24.3 Å². The van der Waals surface area contributed by atoms with Crippen molar-refractivity contribution in [1.82, 2.24) is 0 Å². The van der Waals surface area contributed by atoms with E-state index >= 15 is 0 Å². The van der Waals surface area contributed by atoms with Gasteiger partial charge in [0.2, 0.25) is 0 Å². The Morgan fingerprint density at radius 1 is 1.07 bits per heavy atom. The Balaban J connectivity index is 2.08. The van der Waals surface area contributed by atoms with Crippen LogP contribution in [0.3, 0.4) is 0 Å². The first-order chi connectivity index (χ1) is 7.27. The van der Waals surface area contributed by atoms with Gasteiger partial charge in [0.25, 0.3) is 0 Å². The summed E-state index contributed by atoms with van der Waals surface area (Å²) in [5, 5.41) is 17.9.